The molecule has 1 fully saturated rings. The zero-order valence-electron chi connectivity index (χ0n) is 15.5. The molecule has 4 rings (SSSR count). The average Bonchev–Trinajstić information content (AvgIpc) is 3.33. The highest BCUT2D eigenvalue weighted by atomic mass is 16.2. The first-order valence-corrected chi connectivity index (χ1v) is 9.03. The fraction of sp³-hybridized carbons (Fsp3) is 0.444. The molecule has 4 heterocycles. The molecule has 3 aromatic heterocycles. The molecule has 27 heavy (non-hydrogen) atoms. The van der Waals surface area contributed by atoms with Crippen molar-refractivity contribution in [3.05, 3.63) is 54.2 Å². The Labute approximate surface area is 157 Å². The van der Waals surface area contributed by atoms with Gasteiger partial charge in [0.05, 0.1) is 18.4 Å². The van der Waals surface area contributed by atoms with Crippen molar-refractivity contribution in [3.63, 3.8) is 0 Å². The normalized spacial score (nSPS) is 17.3. The SMILES string of the molecule is Cc1ncc(C(=O)N2CCC[C@@H](c3nnc(Cn4ccnc4)n3C)C2)cn1. The molecular weight excluding hydrogens is 344 g/mol. The third-order valence-electron chi connectivity index (χ3n) is 4.98. The van der Waals surface area contributed by atoms with Crippen LogP contribution in [0.1, 0.15) is 46.6 Å². The number of aromatic nitrogens is 7. The summed E-state index contributed by atoms with van der Waals surface area (Å²) >= 11 is 0. The molecule has 0 saturated carbocycles. The van der Waals surface area contributed by atoms with E-state index in [-0.39, 0.29) is 11.8 Å². The van der Waals surface area contributed by atoms with Crippen LogP contribution in [0.3, 0.4) is 0 Å². The molecule has 3 aromatic rings. The van der Waals surface area contributed by atoms with Crippen molar-refractivity contribution in [1.29, 1.82) is 0 Å². The number of carbonyl (C=O) groups excluding carboxylic acids is 1. The molecule has 1 aliphatic rings. The van der Waals surface area contributed by atoms with E-state index < -0.39 is 0 Å². The minimum atomic E-state index is -0.0273. The lowest BCUT2D eigenvalue weighted by Crippen LogP contribution is -2.39. The standard InChI is InChI=1S/C18H22N8O/c1-13-20-8-15(9-21-13)18(27)26-6-3-4-14(10-26)17-23-22-16(24(17)2)11-25-7-5-19-12-25/h5,7-9,12,14H,3-4,6,10-11H2,1-2H3/t14-/m1/s1. The van der Waals surface area contributed by atoms with Crippen LogP contribution in [0.4, 0.5) is 0 Å². The van der Waals surface area contributed by atoms with Crippen molar-refractivity contribution in [1.82, 2.24) is 39.2 Å². The van der Waals surface area contributed by atoms with Gasteiger partial charge in [0.1, 0.15) is 11.6 Å². The van der Waals surface area contributed by atoms with Gasteiger partial charge in [-0.25, -0.2) is 15.0 Å². The van der Waals surface area contributed by atoms with Gasteiger partial charge in [0.2, 0.25) is 0 Å². The number of aryl methyl sites for hydroxylation is 1. The van der Waals surface area contributed by atoms with Crippen LogP contribution in [0.2, 0.25) is 0 Å². The molecule has 9 nitrogen and oxygen atoms in total. The second-order valence-corrected chi connectivity index (χ2v) is 6.88. The van der Waals surface area contributed by atoms with Crippen LogP contribution in [-0.4, -0.2) is 58.2 Å². The van der Waals surface area contributed by atoms with Crippen molar-refractivity contribution in [2.45, 2.75) is 32.2 Å². The summed E-state index contributed by atoms with van der Waals surface area (Å²) in [7, 11) is 1.98. The summed E-state index contributed by atoms with van der Waals surface area (Å²) < 4.78 is 4.00. The van der Waals surface area contributed by atoms with E-state index in [9.17, 15) is 4.79 Å². The summed E-state index contributed by atoms with van der Waals surface area (Å²) in [6, 6.07) is 0. The van der Waals surface area contributed by atoms with E-state index in [1.807, 2.05) is 27.3 Å². The third kappa shape index (κ3) is 3.57. The van der Waals surface area contributed by atoms with Crippen LogP contribution in [0.5, 0.6) is 0 Å². The summed E-state index contributed by atoms with van der Waals surface area (Å²) in [5.41, 5.74) is 0.528. The predicted octanol–water partition coefficient (Wildman–Crippen LogP) is 1.18. The van der Waals surface area contributed by atoms with Crippen LogP contribution < -0.4 is 0 Å². The second-order valence-electron chi connectivity index (χ2n) is 6.88. The molecule has 0 N–H and O–H groups in total. The Balaban J connectivity index is 1.49. The molecule has 0 bridgehead atoms. The van der Waals surface area contributed by atoms with Crippen LogP contribution in [0.25, 0.3) is 0 Å². The number of piperidine rings is 1. The van der Waals surface area contributed by atoms with Crippen molar-refractivity contribution in [3.8, 4) is 0 Å². The van der Waals surface area contributed by atoms with Crippen molar-refractivity contribution < 1.29 is 4.79 Å². The molecule has 140 valence electrons. The van der Waals surface area contributed by atoms with Crippen LogP contribution >= 0.6 is 0 Å². The van der Waals surface area contributed by atoms with Crippen LogP contribution in [0.15, 0.2) is 31.1 Å². The lowest BCUT2D eigenvalue weighted by atomic mass is 9.96. The highest BCUT2D eigenvalue weighted by Crippen LogP contribution is 2.26. The Hall–Kier alpha value is -3.10. The van der Waals surface area contributed by atoms with Crippen molar-refractivity contribution in [2.75, 3.05) is 13.1 Å². The number of hydrogen-bond donors (Lipinski definition) is 0. The van der Waals surface area contributed by atoms with Gasteiger partial charge in [0.25, 0.3) is 5.91 Å². The van der Waals surface area contributed by atoms with E-state index in [1.54, 1.807) is 31.8 Å². The molecule has 0 unspecified atom stereocenters. The highest BCUT2D eigenvalue weighted by Gasteiger charge is 2.29. The van der Waals surface area contributed by atoms with E-state index in [2.05, 4.69) is 25.1 Å². The lowest BCUT2D eigenvalue weighted by molar-refractivity contribution is 0.0702. The van der Waals surface area contributed by atoms with E-state index in [4.69, 9.17) is 0 Å². The number of rotatable bonds is 4. The Kier molecular flexibility index (Phi) is 4.66. The number of imidazole rings is 1. The van der Waals surface area contributed by atoms with Crippen LogP contribution in [0, 0.1) is 6.92 Å². The van der Waals surface area contributed by atoms with E-state index >= 15 is 0 Å². The Bertz CT molecular complexity index is 916. The van der Waals surface area contributed by atoms with Crippen molar-refractivity contribution in [2.24, 2.45) is 7.05 Å². The fourth-order valence-corrected chi connectivity index (χ4v) is 3.47. The zero-order chi connectivity index (χ0) is 18.8. The number of hydrogen-bond acceptors (Lipinski definition) is 6. The number of likely N-dealkylation sites (tertiary alicyclic amines) is 1. The smallest absolute Gasteiger partial charge is 0.257 e. The minimum absolute atomic E-state index is 0.0273. The Morgan fingerprint density at radius 1 is 1.26 bits per heavy atom. The largest absolute Gasteiger partial charge is 0.338 e. The molecule has 9 heteroatoms. The first-order valence-electron chi connectivity index (χ1n) is 9.03. The van der Waals surface area contributed by atoms with Gasteiger partial charge in [-0.15, -0.1) is 10.2 Å². The maximum absolute atomic E-state index is 12.8. The first kappa shape index (κ1) is 17.3. The maximum Gasteiger partial charge on any atom is 0.257 e. The summed E-state index contributed by atoms with van der Waals surface area (Å²) in [4.78, 5) is 27.0. The molecule has 0 aromatic carbocycles. The van der Waals surface area contributed by atoms with Gasteiger partial charge in [-0.1, -0.05) is 0 Å². The summed E-state index contributed by atoms with van der Waals surface area (Å²) in [5.74, 6) is 2.59. The second kappa shape index (κ2) is 7.26. The Morgan fingerprint density at radius 3 is 2.81 bits per heavy atom. The monoisotopic (exact) mass is 366 g/mol. The van der Waals surface area contributed by atoms with E-state index in [0.717, 1.165) is 31.0 Å². The molecule has 1 amide bonds. The molecular formula is C18H22N8O. The summed E-state index contributed by atoms with van der Waals surface area (Å²) in [6.45, 7) is 3.80. The first-order chi connectivity index (χ1) is 13.1. The maximum atomic E-state index is 12.8. The quantitative estimate of drug-likeness (QED) is 0.688. The molecule has 0 aliphatic carbocycles. The number of nitrogens with zero attached hydrogens (tertiary/aromatic N) is 8. The van der Waals surface area contributed by atoms with Gasteiger partial charge in [-0.05, 0) is 19.8 Å². The van der Waals surface area contributed by atoms with Gasteiger partial charge in [0.15, 0.2) is 5.82 Å². The fourth-order valence-electron chi connectivity index (χ4n) is 3.47. The number of carbonyl (C=O) groups is 1. The van der Waals surface area contributed by atoms with Crippen molar-refractivity contribution >= 4 is 5.91 Å². The predicted molar refractivity (Wildman–Crippen MR) is 97.0 cm³/mol. The molecule has 1 atom stereocenters. The van der Waals surface area contributed by atoms with Gasteiger partial charge in [-0.2, -0.15) is 0 Å². The van der Waals surface area contributed by atoms with E-state index in [1.165, 1.54) is 0 Å². The van der Waals surface area contributed by atoms with Gasteiger partial charge < -0.3 is 14.0 Å². The van der Waals surface area contributed by atoms with Gasteiger partial charge in [-0.3, -0.25) is 4.79 Å². The molecule has 0 radical (unpaired) electrons. The molecule has 0 spiro atoms. The summed E-state index contributed by atoms with van der Waals surface area (Å²) in [5, 5.41) is 8.76. The molecule has 1 aliphatic heterocycles. The summed E-state index contributed by atoms with van der Waals surface area (Å²) in [6.07, 6.45) is 10.5. The third-order valence-corrected chi connectivity index (χ3v) is 4.98. The number of amides is 1. The topological polar surface area (TPSA) is 94.6 Å². The zero-order valence-corrected chi connectivity index (χ0v) is 15.5. The highest BCUT2D eigenvalue weighted by molar-refractivity contribution is 5.93. The average molecular weight is 366 g/mol. The van der Waals surface area contributed by atoms with Gasteiger partial charge >= 0.3 is 0 Å². The lowest BCUT2D eigenvalue weighted by Gasteiger charge is -2.32. The van der Waals surface area contributed by atoms with Gasteiger partial charge in [0, 0.05) is 50.8 Å². The Morgan fingerprint density at radius 2 is 2.07 bits per heavy atom. The van der Waals surface area contributed by atoms with E-state index in [0.29, 0.717) is 24.5 Å². The van der Waals surface area contributed by atoms with Crippen LogP contribution in [-0.2, 0) is 13.6 Å². The molecule has 1 saturated heterocycles. The minimum Gasteiger partial charge on any atom is -0.338 e.